The van der Waals surface area contributed by atoms with Crippen molar-refractivity contribution in [3.8, 4) is 0 Å². The Morgan fingerprint density at radius 2 is 1.83 bits per heavy atom. The number of benzene rings is 1. The number of rotatable bonds is 7. The lowest BCUT2D eigenvalue weighted by atomic mass is 9.97. The zero-order valence-corrected chi connectivity index (χ0v) is 14.3. The first-order valence-corrected chi connectivity index (χ1v) is 8.41. The Bertz CT molecular complexity index is 551. The van der Waals surface area contributed by atoms with E-state index in [0.717, 1.165) is 18.8 Å². The van der Waals surface area contributed by atoms with Crippen LogP contribution in [-0.2, 0) is 9.53 Å². The molecule has 1 fully saturated rings. The Labute approximate surface area is 142 Å². The molecular weight excluding hydrogens is 308 g/mol. The quantitative estimate of drug-likeness (QED) is 0.797. The van der Waals surface area contributed by atoms with Gasteiger partial charge in [-0.15, -0.1) is 0 Å². The molecule has 6 heteroatoms. The second-order valence-electron chi connectivity index (χ2n) is 6.52. The first-order valence-electron chi connectivity index (χ1n) is 8.41. The summed E-state index contributed by atoms with van der Waals surface area (Å²) in [6, 6.07) is 7.39. The van der Waals surface area contributed by atoms with Crippen molar-refractivity contribution in [3.63, 3.8) is 0 Å². The second kappa shape index (κ2) is 8.68. The van der Waals surface area contributed by atoms with E-state index >= 15 is 0 Å². The predicted octanol–water partition coefficient (Wildman–Crippen LogP) is 2.00. The summed E-state index contributed by atoms with van der Waals surface area (Å²) in [4.78, 5) is 25.7. The monoisotopic (exact) mass is 334 g/mol. The van der Waals surface area contributed by atoms with Gasteiger partial charge in [-0.25, -0.2) is 0 Å². The van der Waals surface area contributed by atoms with Crippen LogP contribution in [0.15, 0.2) is 24.3 Å². The first kappa shape index (κ1) is 18.3. The number of carbonyl (C=O) groups is 2. The third-order valence-electron chi connectivity index (χ3n) is 4.12. The normalized spacial score (nSPS) is 16.0. The van der Waals surface area contributed by atoms with Crippen LogP contribution in [-0.4, -0.2) is 49.8 Å². The number of aliphatic carboxylic acids is 1. The van der Waals surface area contributed by atoms with Crippen molar-refractivity contribution in [1.82, 2.24) is 5.32 Å². The van der Waals surface area contributed by atoms with E-state index in [-0.39, 0.29) is 18.4 Å². The van der Waals surface area contributed by atoms with Crippen LogP contribution in [0.4, 0.5) is 5.69 Å². The maximum absolute atomic E-state index is 12.2. The number of nitrogens with zero attached hydrogens (tertiary/aromatic N) is 1. The third kappa shape index (κ3) is 5.23. The van der Waals surface area contributed by atoms with Crippen LogP contribution in [0, 0.1) is 11.8 Å². The molecule has 0 radical (unpaired) electrons. The first-order chi connectivity index (χ1) is 11.5. The van der Waals surface area contributed by atoms with Crippen molar-refractivity contribution < 1.29 is 19.4 Å². The maximum atomic E-state index is 12.2. The van der Waals surface area contributed by atoms with E-state index < -0.39 is 11.9 Å². The maximum Gasteiger partial charge on any atom is 0.308 e. The van der Waals surface area contributed by atoms with Gasteiger partial charge < -0.3 is 20.1 Å². The summed E-state index contributed by atoms with van der Waals surface area (Å²) in [5.41, 5.74) is 1.61. The molecule has 1 aromatic rings. The van der Waals surface area contributed by atoms with Gasteiger partial charge in [-0.05, 0) is 36.6 Å². The fourth-order valence-electron chi connectivity index (χ4n) is 2.80. The summed E-state index contributed by atoms with van der Waals surface area (Å²) >= 11 is 0. The fourth-order valence-corrected chi connectivity index (χ4v) is 2.80. The highest BCUT2D eigenvalue weighted by Crippen LogP contribution is 2.17. The van der Waals surface area contributed by atoms with Crippen LogP contribution in [0.5, 0.6) is 0 Å². The highest BCUT2D eigenvalue weighted by molar-refractivity contribution is 5.94. The van der Waals surface area contributed by atoms with E-state index in [1.807, 2.05) is 26.0 Å². The molecule has 0 bridgehead atoms. The van der Waals surface area contributed by atoms with Crippen LogP contribution in [0.2, 0.25) is 0 Å². The smallest absolute Gasteiger partial charge is 0.308 e. The largest absolute Gasteiger partial charge is 0.481 e. The molecule has 0 spiro atoms. The van der Waals surface area contributed by atoms with Gasteiger partial charge in [0.2, 0.25) is 0 Å². The summed E-state index contributed by atoms with van der Waals surface area (Å²) < 4.78 is 5.33. The lowest BCUT2D eigenvalue weighted by molar-refractivity contribution is -0.142. The molecule has 2 N–H and O–H groups in total. The predicted molar refractivity (Wildman–Crippen MR) is 92.4 cm³/mol. The molecule has 0 aliphatic carbocycles. The van der Waals surface area contributed by atoms with Crippen molar-refractivity contribution in [3.05, 3.63) is 29.8 Å². The lowest BCUT2D eigenvalue weighted by Crippen LogP contribution is -2.36. The average molecular weight is 334 g/mol. The molecular formula is C18H26N2O4. The number of amides is 1. The Hall–Kier alpha value is -2.08. The molecule has 1 heterocycles. The van der Waals surface area contributed by atoms with Crippen LogP contribution in [0.1, 0.15) is 30.6 Å². The van der Waals surface area contributed by atoms with E-state index in [1.54, 1.807) is 12.1 Å². The van der Waals surface area contributed by atoms with E-state index in [1.165, 1.54) is 0 Å². The molecule has 1 unspecified atom stereocenters. The fraction of sp³-hybridized carbons (Fsp3) is 0.556. The van der Waals surface area contributed by atoms with Crippen molar-refractivity contribution in [2.75, 3.05) is 37.7 Å². The summed E-state index contributed by atoms with van der Waals surface area (Å²) in [6.07, 6.45) is 0.547. The van der Waals surface area contributed by atoms with E-state index in [2.05, 4.69) is 10.2 Å². The van der Waals surface area contributed by atoms with Gasteiger partial charge in [-0.1, -0.05) is 13.8 Å². The Morgan fingerprint density at radius 1 is 1.21 bits per heavy atom. The molecule has 6 nitrogen and oxygen atoms in total. The van der Waals surface area contributed by atoms with Gasteiger partial charge in [0, 0.05) is 30.9 Å². The van der Waals surface area contributed by atoms with Crippen LogP contribution in [0.3, 0.4) is 0 Å². The lowest BCUT2D eigenvalue weighted by Gasteiger charge is -2.28. The van der Waals surface area contributed by atoms with E-state index in [9.17, 15) is 14.7 Å². The number of morpholine rings is 1. The summed E-state index contributed by atoms with van der Waals surface area (Å²) in [5.74, 6) is -1.39. The second-order valence-corrected chi connectivity index (χ2v) is 6.52. The van der Waals surface area contributed by atoms with Gasteiger partial charge in [-0.3, -0.25) is 9.59 Å². The van der Waals surface area contributed by atoms with E-state index in [0.29, 0.717) is 25.2 Å². The number of hydrogen-bond donors (Lipinski definition) is 2. The molecule has 132 valence electrons. The molecule has 0 aromatic heterocycles. The summed E-state index contributed by atoms with van der Waals surface area (Å²) in [5, 5.41) is 12.0. The zero-order valence-electron chi connectivity index (χ0n) is 14.3. The standard InChI is InChI=1S/C18H26N2O4/c1-13(2)11-15(18(22)23)12-19-17(21)14-3-5-16(6-4-14)20-7-9-24-10-8-20/h3-6,13,15H,7-12H2,1-2H3,(H,19,21)(H,22,23). The number of carboxylic acids is 1. The number of carboxylic acid groups (broad SMARTS) is 1. The van der Waals surface area contributed by atoms with Gasteiger partial charge in [0.05, 0.1) is 19.1 Å². The Kier molecular flexibility index (Phi) is 6.61. The molecule has 1 atom stereocenters. The molecule has 1 saturated heterocycles. The third-order valence-corrected chi connectivity index (χ3v) is 4.12. The summed E-state index contributed by atoms with van der Waals surface area (Å²) in [7, 11) is 0. The number of hydrogen-bond acceptors (Lipinski definition) is 4. The number of nitrogens with one attached hydrogen (secondary N) is 1. The molecule has 1 amide bonds. The van der Waals surface area contributed by atoms with Gasteiger partial charge in [0.15, 0.2) is 0 Å². The van der Waals surface area contributed by atoms with Gasteiger partial charge in [-0.2, -0.15) is 0 Å². The van der Waals surface area contributed by atoms with Crippen molar-refractivity contribution in [2.45, 2.75) is 20.3 Å². The van der Waals surface area contributed by atoms with Gasteiger partial charge >= 0.3 is 5.97 Å². The van der Waals surface area contributed by atoms with E-state index in [4.69, 9.17) is 4.74 Å². The minimum absolute atomic E-state index is 0.150. The van der Waals surface area contributed by atoms with Gasteiger partial charge in [0.25, 0.3) is 5.91 Å². The van der Waals surface area contributed by atoms with Gasteiger partial charge in [0.1, 0.15) is 0 Å². The highest BCUT2D eigenvalue weighted by Gasteiger charge is 2.20. The van der Waals surface area contributed by atoms with Crippen molar-refractivity contribution in [1.29, 1.82) is 0 Å². The molecule has 24 heavy (non-hydrogen) atoms. The molecule has 1 aliphatic rings. The zero-order chi connectivity index (χ0) is 17.5. The summed E-state index contributed by atoms with van der Waals surface area (Å²) in [6.45, 7) is 7.23. The molecule has 1 aromatic carbocycles. The number of ether oxygens (including phenoxy) is 1. The number of anilines is 1. The molecule has 1 aliphatic heterocycles. The Morgan fingerprint density at radius 3 is 2.38 bits per heavy atom. The van der Waals surface area contributed by atoms with Crippen LogP contribution in [0.25, 0.3) is 0 Å². The number of carbonyl (C=O) groups excluding carboxylic acids is 1. The minimum Gasteiger partial charge on any atom is -0.481 e. The highest BCUT2D eigenvalue weighted by atomic mass is 16.5. The van der Waals surface area contributed by atoms with Crippen LogP contribution < -0.4 is 10.2 Å². The van der Waals surface area contributed by atoms with Crippen molar-refractivity contribution >= 4 is 17.6 Å². The molecule has 0 saturated carbocycles. The SMILES string of the molecule is CC(C)CC(CNC(=O)c1ccc(N2CCOCC2)cc1)C(=O)O. The Balaban J connectivity index is 1.90. The van der Waals surface area contributed by atoms with Crippen LogP contribution >= 0.6 is 0 Å². The topological polar surface area (TPSA) is 78.9 Å². The minimum atomic E-state index is -0.869. The van der Waals surface area contributed by atoms with Crippen molar-refractivity contribution in [2.24, 2.45) is 11.8 Å². The molecule has 2 rings (SSSR count). The average Bonchev–Trinajstić information content (AvgIpc) is 2.58.